The van der Waals surface area contributed by atoms with Gasteiger partial charge in [-0.3, -0.25) is 9.59 Å². The standard InChI is InChI=1S/C14H18N2O4/c1-15-5-2-3-11(15)12(17)16-7-10-8-20-6-4-14(10,9-16)13(18)19/h2-3,5,10H,4,6-9H2,1H3,(H,18,19)/t10-,14+/m0/s1. The third-order valence-electron chi connectivity index (χ3n) is 4.58. The monoisotopic (exact) mass is 278 g/mol. The molecule has 2 saturated heterocycles. The second-order valence-electron chi connectivity index (χ2n) is 5.67. The van der Waals surface area contributed by atoms with Gasteiger partial charge in [-0.1, -0.05) is 0 Å². The second-order valence-corrected chi connectivity index (χ2v) is 5.67. The summed E-state index contributed by atoms with van der Waals surface area (Å²) in [4.78, 5) is 25.8. The number of hydrogen-bond donors (Lipinski definition) is 1. The summed E-state index contributed by atoms with van der Waals surface area (Å²) in [6.07, 6.45) is 2.29. The van der Waals surface area contributed by atoms with Crippen molar-refractivity contribution in [2.45, 2.75) is 6.42 Å². The molecule has 1 amide bonds. The van der Waals surface area contributed by atoms with Crippen LogP contribution in [0.2, 0.25) is 0 Å². The number of carboxylic acids is 1. The zero-order chi connectivity index (χ0) is 14.3. The number of amides is 1. The first-order valence-corrected chi connectivity index (χ1v) is 6.76. The van der Waals surface area contributed by atoms with Gasteiger partial charge in [-0.05, 0) is 18.6 Å². The average molecular weight is 278 g/mol. The van der Waals surface area contributed by atoms with Crippen LogP contribution in [0.3, 0.4) is 0 Å². The number of carboxylic acid groups (broad SMARTS) is 1. The van der Waals surface area contributed by atoms with Crippen LogP contribution in [0, 0.1) is 11.3 Å². The molecule has 0 aromatic carbocycles. The van der Waals surface area contributed by atoms with Gasteiger partial charge in [0, 0.05) is 38.9 Å². The minimum Gasteiger partial charge on any atom is -0.481 e. The summed E-state index contributed by atoms with van der Waals surface area (Å²) in [6.45, 7) is 1.61. The van der Waals surface area contributed by atoms with Gasteiger partial charge < -0.3 is 19.3 Å². The van der Waals surface area contributed by atoms with Crippen LogP contribution in [0.25, 0.3) is 0 Å². The van der Waals surface area contributed by atoms with E-state index in [1.54, 1.807) is 15.5 Å². The van der Waals surface area contributed by atoms with Crippen LogP contribution in [-0.2, 0) is 16.6 Å². The number of hydrogen-bond acceptors (Lipinski definition) is 3. The van der Waals surface area contributed by atoms with E-state index in [2.05, 4.69) is 0 Å². The number of carbonyl (C=O) groups is 2. The van der Waals surface area contributed by atoms with E-state index < -0.39 is 11.4 Å². The Morgan fingerprint density at radius 1 is 1.50 bits per heavy atom. The van der Waals surface area contributed by atoms with Gasteiger partial charge in [0.2, 0.25) is 0 Å². The third-order valence-corrected chi connectivity index (χ3v) is 4.58. The van der Waals surface area contributed by atoms with Gasteiger partial charge in [-0.15, -0.1) is 0 Å². The average Bonchev–Trinajstić information content (AvgIpc) is 3.01. The van der Waals surface area contributed by atoms with Crippen LogP contribution in [0.1, 0.15) is 16.9 Å². The molecule has 2 aliphatic heterocycles. The maximum atomic E-state index is 12.5. The molecule has 1 aromatic heterocycles. The quantitative estimate of drug-likeness (QED) is 0.859. The summed E-state index contributed by atoms with van der Waals surface area (Å²) < 4.78 is 7.15. The zero-order valence-corrected chi connectivity index (χ0v) is 11.4. The van der Waals surface area contributed by atoms with Gasteiger partial charge >= 0.3 is 5.97 Å². The first kappa shape index (κ1) is 13.2. The maximum absolute atomic E-state index is 12.5. The molecule has 3 heterocycles. The first-order valence-electron chi connectivity index (χ1n) is 6.76. The van der Waals surface area contributed by atoms with Crippen LogP contribution < -0.4 is 0 Å². The number of fused-ring (bicyclic) bond motifs is 1. The topological polar surface area (TPSA) is 71.8 Å². The summed E-state index contributed by atoms with van der Waals surface area (Å²) in [5.41, 5.74) is -0.246. The highest BCUT2D eigenvalue weighted by atomic mass is 16.5. The molecular formula is C14H18N2O4. The molecule has 1 aromatic rings. The molecule has 6 nitrogen and oxygen atoms in total. The molecule has 0 bridgehead atoms. The van der Waals surface area contributed by atoms with E-state index in [4.69, 9.17) is 4.74 Å². The van der Waals surface area contributed by atoms with Crippen molar-refractivity contribution in [3.05, 3.63) is 24.0 Å². The Bertz CT molecular complexity index is 553. The molecule has 0 spiro atoms. The molecule has 0 radical (unpaired) electrons. The minimum atomic E-state index is -0.834. The third kappa shape index (κ3) is 1.83. The Morgan fingerprint density at radius 2 is 2.30 bits per heavy atom. The second kappa shape index (κ2) is 4.63. The minimum absolute atomic E-state index is 0.104. The molecular weight excluding hydrogens is 260 g/mol. The predicted octanol–water partition coefficient (Wildman–Crippen LogP) is 0.588. The Hall–Kier alpha value is -1.82. The Kier molecular flexibility index (Phi) is 3.05. The summed E-state index contributed by atoms with van der Waals surface area (Å²) in [6, 6.07) is 3.57. The lowest BCUT2D eigenvalue weighted by atomic mass is 9.74. The molecule has 2 atom stereocenters. The molecule has 6 heteroatoms. The summed E-state index contributed by atoms with van der Waals surface area (Å²) in [5.74, 6) is -1.03. The van der Waals surface area contributed by atoms with E-state index in [1.807, 2.05) is 19.3 Å². The van der Waals surface area contributed by atoms with Gasteiger partial charge in [-0.2, -0.15) is 0 Å². The van der Waals surface area contributed by atoms with Gasteiger partial charge in [0.1, 0.15) is 5.69 Å². The van der Waals surface area contributed by atoms with E-state index in [0.717, 1.165) is 0 Å². The van der Waals surface area contributed by atoms with Crippen molar-refractivity contribution in [3.8, 4) is 0 Å². The highest BCUT2D eigenvalue weighted by Gasteiger charge is 2.55. The van der Waals surface area contributed by atoms with Gasteiger partial charge in [-0.25, -0.2) is 0 Å². The molecule has 3 rings (SSSR count). The van der Waals surface area contributed by atoms with Gasteiger partial charge in [0.25, 0.3) is 5.91 Å². The van der Waals surface area contributed by atoms with E-state index in [9.17, 15) is 14.7 Å². The molecule has 108 valence electrons. The number of aliphatic carboxylic acids is 1. The number of aryl methyl sites for hydroxylation is 1. The number of likely N-dealkylation sites (tertiary alicyclic amines) is 1. The molecule has 2 fully saturated rings. The zero-order valence-electron chi connectivity index (χ0n) is 11.4. The molecule has 2 aliphatic rings. The number of aromatic nitrogens is 1. The van der Waals surface area contributed by atoms with E-state index in [0.29, 0.717) is 31.9 Å². The van der Waals surface area contributed by atoms with Crippen LogP contribution in [0.4, 0.5) is 0 Å². The van der Waals surface area contributed by atoms with Crippen molar-refractivity contribution in [1.29, 1.82) is 0 Å². The van der Waals surface area contributed by atoms with E-state index >= 15 is 0 Å². The van der Waals surface area contributed by atoms with Crippen LogP contribution >= 0.6 is 0 Å². The molecule has 20 heavy (non-hydrogen) atoms. The van der Waals surface area contributed by atoms with Crippen molar-refractivity contribution in [2.24, 2.45) is 18.4 Å². The first-order chi connectivity index (χ1) is 9.54. The van der Waals surface area contributed by atoms with Crippen molar-refractivity contribution >= 4 is 11.9 Å². The largest absolute Gasteiger partial charge is 0.481 e. The summed E-state index contributed by atoms with van der Waals surface area (Å²) in [7, 11) is 1.81. The normalized spacial score (nSPS) is 29.2. The van der Waals surface area contributed by atoms with E-state index in [-0.39, 0.29) is 18.4 Å². The lowest BCUT2D eigenvalue weighted by molar-refractivity contribution is -0.157. The van der Waals surface area contributed by atoms with Crippen molar-refractivity contribution in [2.75, 3.05) is 26.3 Å². The van der Waals surface area contributed by atoms with Crippen molar-refractivity contribution < 1.29 is 19.4 Å². The summed E-state index contributed by atoms with van der Waals surface area (Å²) >= 11 is 0. The number of ether oxygens (including phenoxy) is 1. The van der Waals surface area contributed by atoms with Gasteiger partial charge in [0.15, 0.2) is 0 Å². The number of rotatable bonds is 2. The van der Waals surface area contributed by atoms with Crippen molar-refractivity contribution in [3.63, 3.8) is 0 Å². The molecule has 1 N–H and O–H groups in total. The van der Waals surface area contributed by atoms with Crippen LogP contribution in [-0.4, -0.2) is 52.8 Å². The predicted molar refractivity (Wildman–Crippen MR) is 70.3 cm³/mol. The lowest BCUT2D eigenvalue weighted by Gasteiger charge is -2.33. The fourth-order valence-electron chi connectivity index (χ4n) is 3.30. The Morgan fingerprint density at radius 3 is 2.90 bits per heavy atom. The maximum Gasteiger partial charge on any atom is 0.311 e. The molecule has 0 saturated carbocycles. The van der Waals surface area contributed by atoms with Gasteiger partial charge in [0.05, 0.1) is 12.0 Å². The molecule has 0 unspecified atom stereocenters. The smallest absolute Gasteiger partial charge is 0.311 e. The summed E-state index contributed by atoms with van der Waals surface area (Å²) in [5, 5.41) is 9.59. The lowest BCUT2D eigenvalue weighted by Crippen LogP contribution is -2.45. The van der Waals surface area contributed by atoms with Crippen molar-refractivity contribution in [1.82, 2.24) is 9.47 Å². The van der Waals surface area contributed by atoms with E-state index in [1.165, 1.54) is 0 Å². The highest BCUT2D eigenvalue weighted by Crippen LogP contribution is 2.42. The Labute approximate surface area is 116 Å². The van der Waals surface area contributed by atoms with Crippen LogP contribution in [0.5, 0.6) is 0 Å². The highest BCUT2D eigenvalue weighted by molar-refractivity contribution is 5.93. The number of carbonyl (C=O) groups excluding carboxylic acids is 1. The fourth-order valence-corrected chi connectivity index (χ4v) is 3.30. The number of nitrogens with zero attached hydrogens (tertiary/aromatic N) is 2. The SMILES string of the molecule is Cn1cccc1C(=O)N1C[C@H]2COCC[C@@]2(C(=O)O)C1. The Balaban J connectivity index is 1.86. The van der Waals surface area contributed by atoms with Crippen LogP contribution in [0.15, 0.2) is 18.3 Å². The molecule has 0 aliphatic carbocycles. The fraction of sp³-hybridized carbons (Fsp3) is 0.571.